The van der Waals surface area contributed by atoms with Crippen LogP contribution in [0.5, 0.6) is 0 Å². The van der Waals surface area contributed by atoms with Gasteiger partial charge in [-0.3, -0.25) is 0 Å². The van der Waals surface area contributed by atoms with Gasteiger partial charge in [0.05, 0.1) is 4.90 Å². The van der Waals surface area contributed by atoms with Crippen LogP contribution in [0.3, 0.4) is 0 Å². The molecule has 0 radical (unpaired) electrons. The minimum Gasteiger partial charge on any atom is -0.300 e. The van der Waals surface area contributed by atoms with Gasteiger partial charge in [0, 0.05) is 18.0 Å². The van der Waals surface area contributed by atoms with E-state index in [1.165, 1.54) is 0 Å². The Labute approximate surface area is 154 Å². The van der Waals surface area contributed by atoms with Crippen molar-refractivity contribution in [2.45, 2.75) is 37.5 Å². The second kappa shape index (κ2) is 9.13. The van der Waals surface area contributed by atoms with Crippen LogP contribution < -0.4 is 4.72 Å². The number of carbonyl (C=O) groups excluding carboxylic acids is 1. The number of hydrogen-bond donors (Lipinski definition) is 1. The molecule has 2 aromatic carbocycles. The van der Waals surface area contributed by atoms with Crippen LogP contribution >= 0.6 is 11.6 Å². The van der Waals surface area contributed by atoms with E-state index in [2.05, 4.69) is 4.72 Å². The van der Waals surface area contributed by atoms with Crippen molar-refractivity contribution in [3.8, 4) is 11.1 Å². The first-order chi connectivity index (χ1) is 11.9. The normalized spacial score (nSPS) is 11.4. The summed E-state index contributed by atoms with van der Waals surface area (Å²) in [6.07, 6.45) is 2.90. The van der Waals surface area contributed by atoms with Crippen molar-refractivity contribution in [3.63, 3.8) is 0 Å². The van der Waals surface area contributed by atoms with E-state index in [1.54, 1.807) is 43.3 Å². The summed E-state index contributed by atoms with van der Waals surface area (Å²) in [6.45, 7) is 1.94. The van der Waals surface area contributed by atoms with Gasteiger partial charge in [0.15, 0.2) is 0 Å². The molecule has 2 aromatic rings. The van der Waals surface area contributed by atoms with Gasteiger partial charge in [-0.2, -0.15) is 0 Å². The fourth-order valence-corrected chi connectivity index (χ4v) is 3.63. The van der Waals surface area contributed by atoms with E-state index < -0.39 is 10.0 Å². The maximum Gasteiger partial charge on any atom is 0.240 e. The molecule has 4 nitrogen and oxygen atoms in total. The summed E-state index contributed by atoms with van der Waals surface area (Å²) in [6, 6.07) is 14.2. The SMILES string of the molecule is CC(=O)CCCCCNS(=O)(=O)c1ccc(-c2ccc(Cl)cc2)cc1. The number of halogens is 1. The van der Waals surface area contributed by atoms with Crippen LogP contribution in [0.25, 0.3) is 11.1 Å². The third-order valence-corrected chi connectivity index (χ3v) is 5.57. The fourth-order valence-electron chi connectivity index (χ4n) is 2.43. The number of nitrogens with one attached hydrogen (secondary N) is 1. The van der Waals surface area contributed by atoms with E-state index in [0.29, 0.717) is 18.0 Å². The van der Waals surface area contributed by atoms with E-state index in [4.69, 9.17) is 11.6 Å². The van der Waals surface area contributed by atoms with E-state index >= 15 is 0 Å². The molecule has 0 spiro atoms. The number of Topliss-reactive ketones (excluding diaryl/α,β-unsaturated/α-hetero) is 1. The highest BCUT2D eigenvalue weighted by atomic mass is 35.5. The van der Waals surface area contributed by atoms with Crippen LogP contribution in [0.2, 0.25) is 5.02 Å². The van der Waals surface area contributed by atoms with Crippen LogP contribution in [0.4, 0.5) is 0 Å². The summed E-state index contributed by atoms with van der Waals surface area (Å²) in [5.41, 5.74) is 1.91. The van der Waals surface area contributed by atoms with Crippen molar-refractivity contribution in [3.05, 3.63) is 53.6 Å². The average Bonchev–Trinajstić information content (AvgIpc) is 2.58. The molecule has 6 heteroatoms. The third-order valence-electron chi connectivity index (χ3n) is 3.84. The molecule has 0 saturated heterocycles. The quantitative estimate of drug-likeness (QED) is 0.655. The molecular formula is C19H22ClNO3S. The molecule has 2 rings (SSSR count). The van der Waals surface area contributed by atoms with E-state index in [9.17, 15) is 13.2 Å². The van der Waals surface area contributed by atoms with Crippen molar-refractivity contribution in [2.24, 2.45) is 0 Å². The number of sulfonamides is 1. The number of benzene rings is 2. The number of hydrogen-bond acceptors (Lipinski definition) is 3. The van der Waals surface area contributed by atoms with Gasteiger partial charge in [-0.25, -0.2) is 13.1 Å². The maximum atomic E-state index is 12.3. The Morgan fingerprint density at radius 3 is 2.04 bits per heavy atom. The smallest absolute Gasteiger partial charge is 0.240 e. The molecule has 0 aliphatic carbocycles. The molecule has 0 saturated carbocycles. The Morgan fingerprint density at radius 2 is 1.48 bits per heavy atom. The van der Waals surface area contributed by atoms with Crippen LogP contribution in [0.15, 0.2) is 53.4 Å². The molecule has 0 fully saturated rings. The van der Waals surface area contributed by atoms with Gasteiger partial charge in [0.1, 0.15) is 5.78 Å². The summed E-state index contributed by atoms with van der Waals surface area (Å²) in [5.74, 6) is 0.168. The molecule has 0 bridgehead atoms. The largest absolute Gasteiger partial charge is 0.300 e. The van der Waals surface area contributed by atoms with Crippen molar-refractivity contribution >= 4 is 27.4 Å². The summed E-state index contributed by atoms with van der Waals surface area (Å²) >= 11 is 5.88. The molecule has 1 N–H and O–H groups in total. The molecule has 0 atom stereocenters. The van der Waals surface area contributed by atoms with Crippen LogP contribution in [0.1, 0.15) is 32.6 Å². The zero-order valence-electron chi connectivity index (χ0n) is 14.2. The Morgan fingerprint density at radius 1 is 0.920 bits per heavy atom. The van der Waals surface area contributed by atoms with Crippen molar-refractivity contribution in [1.29, 1.82) is 0 Å². The molecule has 25 heavy (non-hydrogen) atoms. The minimum atomic E-state index is -3.51. The predicted octanol–water partition coefficient (Wildman–Crippen LogP) is 4.43. The highest BCUT2D eigenvalue weighted by Gasteiger charge is 2.13. The van der Waals surface area contributed by atoms with Crippen molar-refractivity contribution in [1.82, 2.24) is 4.72 Å². The lowest BCUT2D eigenvalue weighted by atomic mass is 10.1. The molecule has 0 heterocycles. The molecular weight excluding hydrogens is 358 g/mol. The van der Waals surface area contributed by atoms with Gasteiger partial charge in [0.2, 0.25) is 10.0 Å². The van der Waals surface area contributed by atoms with Crippen LogP contribution in [0, 0.1) is 0 Å². The molecule has 0 amide bonds. The lowest BCUT2D eigenvalue weighted by Crippen LogP contribution is -2.24. The first-order valence-electron chi connectivity index (χ1n) is 8.23. The van der Waals surface area contributed by atoms with Gasteiger partial charge in [-0.15, -0.1) is 0 Å². The lowest BCUT2D eigenvalue weighted by molar-refractivity contribution is -0.117. The van der Waals surface area contributed by atoms with Gasteiger partial charge in [-0.05, 0) is 55.2 Å². The number of rotatable bonds is 9. The van der Waals surface area contributed by atoms with Gasteiger partial charge < -0.3 is 4.79 Å². The average molecular weight is 380 g/mol. The van der Waals surface area contributed by atoms with Gasteiger partial charge in [0.25, 0.3) is 0 Å². The summed E-state index contributed by atoms with van der Waals surface area (Å²) in [5, 5.41) is 0.662. The van der Waals surface area contributed by atoms with E-state index in [-0.39, 0.29) is 10.7 Å². The first kappa shape index (κ1) is 19.6. The summed E-state index contributed by atoms with van der Waals surface area (Å²) < 4.78 is 27.2. The molecule has 134 valence electrons. The molecule has 0 unspecified atom stereocenters. The van der Waals surface area contributed by atoms with Gasteiger partial charge in [-0.1, -0.05) is 42.3 Å². The third kappa shape index (κ3) is 6.27. The Bertz CT molecular complexity index is 800. The van der Waals surface area contributed by atoms with E-state index in [1.807, 2.05) is 12.1 Å². The van der Waals surface area contributed by atoms with Crippen molar-refractivity contribution in [2.75, 3.05) is 6.54 Å². The predicted molar refractivity (Wildman–Crippen MR) is 101 cm³/mol. The maximum absolute atomic E-state index is 12.3. The number of carbonyl (C=O) groups is 1. The second-order valence-corrected chi connectivity index (χ2v) is 8.15. The second-order valence-electron chi connectivity index (χ2n) is 5.94. The highest BCUT2D eigenvalue weighted by Crippen LogP contribution is 2.23. The molecule has 0 aromatic heterocycles. The zero-order chi connectivity index (χ0) is 18.3. The highest BCUT2D eigenvalue weighted by molar-refractivity contribution is 7.89. The Hall–Kier alpha value is -1.69. The summed E-state index contributed by atoms with van der Waals surface area (Å²) in [4.78, 5) is 11.1. The fraction of sp³-hybridized carbons (Fsp3) is 0.316. The Kier molecular flexibility index (Phi) is 7.17. The van der Waals surface area contributed by atoms with Crippen molar-refractivity contribution < 1.29 is 13.2 Å². The zero-order valence-corrected chi connectivity index (χ0v) is 15.7. The summed E-state index contributed by atoms with van der Waals surface area (Å²) in [7, 11) is -3.51. The van der Waals surface area contributed by atoms with Crippen LogP contribution in [-0.4, -0.2) is 20.7 Å². The Balaban J connectivity index is 1.91. The molecule has 0 aliphatic heterocycles. The monoisotopic (exact) mass is 379 g/mol. The number of unbranched alkanes of at least 4 members (excludes halogenated alkanes) is 2. The topological polar surface area (TPSA) is 63.2 Å². The van der Waals surface area contributed by atoms with Gasteiger partial charge >= 0.3 is 0 Å². The standard InChI is InChI=1S/C19H22ClNO3S/c1-15(22)5-3-2-4-14-21-25(23,24)19-12-8-17(9-13-19)16-6-10-18(20)11-7-16/h6-13,21H,2-5,14H2,1H3. The number of ketones is 1. The van der Waals surface area contributed by atoms with Crippen LogP contribution in [-0.2, 0) is 14.8 Å². The first-order valence-corrected chi connectivity index (χ1v) is 10.1. The van der Waals surface area contributed by atoms with E-state index in [0.717, 1.165) is 30.4 Å². The minimum absolute atomic E-state index is 0.168. The lowest BCUT2D eigenvalue weighted by Gasteiger charge is -2.08. The molecule has 0 aliphatic rings.